The SMILES string of the molecule is CCCCC(CC)CN(C)CCNCCC. The number of rotatable bonds is 11. The molecule has 0 fully saturated rings. The molecule has 0 aromatic carbocycles. The molecule has 0 spiro atoms. The lowest BCUT2D eigenvalue weighted by atomic mass is 9.99. The van der Waals surface area contributed by atoms with Gasteiger partial charge in [0.25, 0.3) is 0 Å². The Balaban J connectivity index is 3.53. The van der Waals surface area contributed by atoms with Gasteiger partial charge in [0.15, 0.2) is 0 Å². The summed E-state index contributed by atoms with van der Waals surface area (Å²) < 4.78 is 0. The van der Waals surface area contributed by atoms with Crippen LogP contribution in [0.5, 0.6) is 0 Å². The van der Waals surface area contributed by atoms with Crippen LogP contribution in [0.2, 0.25) is 0 Å². The molecule has 2 nitrogen and oxygen atoms in total. The standard InChI is InChI=1S/C14H32N2/c1-5-8-9-14(7-3)13-16(4)12-11-15-10-6-2/h14-15H,5-13H2,1-4H3. The highest BCUT2D eigenvalue weighted by atomic mass is 15.1. The molecule has 0 radical (unpaired) electrons. The number of unbranched alkanes of at least 4 members (excludes halogenated alkanes) is 1. The average Bonchev–Trinajstić information content (AvgIpc) is 2.30. The predicted octanol–water partition coefficient (Wildman–Crippen LogP) is 3.13. The summed E-state index contributed by atoms with van der Waals surface area (Å²) in [5.41, 5.74) is 0. The summed E-state index contributed by atoms with van der Waals surface area (Å²) in [5, 5.41) is 3.46. The van der Waals surface area contributed by atoms with Gasteiger partial charge in [-0.15, -0.1) is 0 Å². The van der Waals surface area contributed by atoms with Gasteiger partial charge >= 0.3 is 0 Å². The Morgan fingerprint density at radius 2 is 1.81 bits per heavy atom. The minimum Gasteiger partial charge on any atom is -0.315 e. The van der Waals surface area contributed by atoms with Crippen LogP contribution in [-0.2, 0) is 0 Å². The van der Waals surface area contributed by atoms with Crippen molar-refractivity contribution in [2.24, 2.45) is 5.92 Å². The molecule has 1 N–H and O–H groups in total. The van der Waals surface area contributed by atoms with Crippen LogP contribution in [0.4, 0.5) is 0 Å². The lowest BCUT2D eigenvalue weighted by Gasteiger charge is -2.23. The van der Waals surface area contributed by atoms with E-state index in [0.29, 0.717) is 0 Å². The van der Waals surface area contributed by atoms with E-state index < -0.39 is 0 Å². The summed E-state index contributed by atoms with van der Waals surface area (Å²) >= 11 is 0. The van der Waals surface area contributed by atoms with E-state index in [1.165, 1.54) is 45.2 Å². The molecule has 0 amide bonds. The molecule has 0 rings (SSSR count). The Kier molecular flexibility index (Phi) is 11.3. The van der Waals surface area contributed by atoms with E-state index in [2.05, 4.69) is 38.0 Å². The van der Waals surface area contributed by atoms with Crippen LogP contribution in [0.3, 0.4) is 0 Å². The quantitative estimate of drug-likeness (QED) is 0.547. The van der Waals surface area contributed by atoms with Gasteiger partial charge in [-0.1, -0.05) is 40.0 Å². The van der Waals surface area contributed by atoms with Crippen molar-refractivity contribution in [1.82, 2.24) is 10.2 Å². The fraction of sp³-hybridized carbons (Fsp3) is 1.00. The van der Waals surface area contributed by atoms with Crippen molar-refractivity contribution >= 4 is 0 Å². The first kappa shape index (κ1) is 15.9. The maximum atomic E-state index is 3.46. The minimum atomic E-state index is 0.899. The van der Waals surface area contributed by atoms with Crippen LogP contribution in [0.25, 0.3) is 0 Å². The van der Waals surface area contributed by atoms with Gasteiger partial charge in [0.2, 0.25) is 0 Å². The van der Waals surface area contributed by atoms with Crippen molar-refractivity contribution < 1.29 is 0 Å². The van der Waals surface area contributed by atoms with E-state index in [0.717, 1.165) is 19.0 Å². The summed E-state index contributed by atoms with van der Waals surface area (Å²) in [4.78, 5) is 2.48. The van der Waals surface area contributed by atoms with Crippen LogP contribution in [0.15, 0.2) is 0 Å². The number of nitrogens with zero attached hydrogens (tertiary/aromatic N) is 1. The van der Waals surface area contributed by atoms with Gasteiger partial charge < -0.3 is 10.2 Å². The molecule has 0 saturated heterocycles. The predicted molar refractivity (Wildman–Crippen MR) is 74.0 cm³/mol. The van der Waals surface area contributed by atoms with Crippen molar-refractivity contribution in [3.8, 4) is 0 Å². The summed E-state index contributed by atoms with van der Waals surface area (Å²) in [6.07, 6.45) is 6.68. The topological polar surface area (TPSA) is 15.3 Å². The largest absolute Gasteiger partial charge is 0.315 e. The number of likely N-dealkylation sites (N-methyl/N-ethyl adjacent to an activating group) is 1. The van der Waals surface area contributed by atoms with Crippen molar-refractivity contribution in [2.45, 2.75) is 52.9 Å². The molecule has 2 heteroatoms. The Morgan fingerprint density at radius 3 is 2.38 bits per heavy atom. The Hall–Kier alpha value is -0.0800. The van der Waals surface area contributed by atoms with E-state index in [1.807, 2.05) is 0 Å². The van der Waals surface area contributed by atoms with Gasteiger partial charge in [-0.3, -0.25) is 0 Å². The van der Waals surface area contributed by atoms with Gasteiger partial charge in [-0.25, -0.2) is 0 Å². The van der Waals surface area contributed by atoms with Crippen LogP contribution in [0.1, 0.15) is 52.9 Å². The Labute approximate surface area is 103 Å². The molecule has 0 saturated carbocycles. The molecule has 1 atom stereocenters. The maximum Gasteiger partial charge on any atom is 0.0104 e. The highest BCUT2D eigenvalue weighted by molar-refractivity contribution is 4.63. The molecule has 98 valence electrons. The fourth-order valence-electron chi connectivity index (χ4n) is 2.02. The van der Waals surface area contributed by atoms with E-state index >= 15 is 0 Å². The second-order valence-electron chi connectivity index (χ2n) is 4.93. The zero-order chi connectivity index (χ0) is 12.2. The monoisotopic (exact) mass is 228 g/mol. The minimum absolute atomic E-state index is 0.899. The smallest absolute Gasteiger partial charge is 0.0104 e. The summed E-state index contributed by atoms with van der Waals surface area (Å²) in [6.45, 7) is 11.6. The highest BCUT2D eigenvalue weighted by Crippen LogP contribution is 2.13. The molecule has 0 aliphatic rings. The lowest BCUT2D eigenvalue weighted by molar-refractivity contribution is 0.259. The second kappa shape index (κ2) is 11.4. The Bertz CT molecular complexity index is 137. The highest BCUT2D eigenvalue weighted by Gasteiger charge is 2.08. The lowest BCUT2D eigenvalue weighted by Crippen LogP contribution is -2.33. The molecule has 0 aliphatic heterocycles. The summed E-state index contributed by atoms with van der Waals surface area (Å²) in [6, 6.07) is 0. The number of nitrogens with one attached hydrogen (secondary N) is 1. The molecule has 0 bridgehead atoms. The zero-order valence-corrected chi connectivity index (χ0v) is 11.9. The first-order valence-electron chi connectivity index (χ1n) is 7.13. The van der Waals surface area contributed by atoms with Crippen LogP contribution < -0.4 is 5.32 Å². The van der Waals surface area contributed by atoms with Gasteiger partial charge in [0, 0.05) is 19.6 Å². The summed E-state index contributed by atoms with van der Waals surface area (Å²) in [5.74, 6) is 0.899. The maximum absolute atomic E-state index is 3.46. The average molecular weight is 228 g/mol. The Morgan fingerprint density at radius 1 is 1.06 bits per heavy atom. The van der Waals surface area contributed by atoms with Crippen molar-refractivity contribution in [2.75, 3.05) is 33.2 Å². The second-order valence-corrected chi connectivity index (χ2v) is 4.93. The molecule has 0 aromatic rings. The van der Waals surface area contributed by atoms with Gasteiger partial charge in [-0.2, -0.15) is 0 Å². The van der Waals surface area contributed by atoms with E-state index in [-0.39, 0.29) is 0 Å². The third kappa shape index (κ3) is 9.17. The van der Waals surface area contributed by atoms with Crippen LogP contribution >= 0.6 is 0 Å². The third-order valence-corrected chi connectivity index (χ3v) is 3.21. The fourth-order valence-corrected chi connectivity index (χ4v) is 2.02. The number of hydrogen-bond donors (Lipinski definition) is 1. The van der Waals surface area contributed by atoms with E-state index in [1.54, 1.807) is 0 Å². The summed E-state index contributed by atoms with van der Waals surface area (Å²) in [7, 11) is 2.25. The third-order valence-electron chi connectivity index (χ3n) is 3.21. The molecule has 1 unspecified atom stereocenters. The van der Waals surface area contributed by atoms with Crippen molar-refractivity contribution in [3.05, 3.63) is 0 Å². The van der Waals surface area contributed by atoms with Crippen LogP contribution in [-0.4, -0.2) is 38.1 Å². The van der Waals surface area contributed by atoms with Crippen LogP contribution in [0, 0.1) is 5.92 Å². The first-order chi connectivity index (χ1) is 7.74. The molecule has 0 aromatic heterocycles. The van der Waals surface area contributed by atoms with E-state index in [9.17, 15) is 0 Å². The van der Waals surface area contributed by atoms with E-state index in [4.69, 9.17) is 0 Å². The normalized spacial score (nSPS) is 13.3. The molecule has 16 heavy (non-hydrogen) atoms. The molecular formula is C14H32N2. The van der Waals surface area contributed by atoms with Crippen molar-refractivity contribution in [1.29, 1.82) is 0 Å². The van der Waals surface area contributed by atoms with Gasteiger partial charge in [-0.05, 0) is 32.4 Å². The first-order valence-corrected chi connectivity index (χ1v) is 7.13. The number of hydrogen-bond acceptors (Lipinski definition) is 2. The van der Waals surface area contributed by atoms with Crippen molar-refractivity contribution in [3.63, 3.8) is 0 Å². The molecular weight excluding hydrogens is 196 g/mol. The van der Waals surface area contributed by atoms with Gasteiger partial charge in [0.05, 0.1) is 0 Å². The van der Waals surface area contributed by atoms with Gasteiger partial charge in [0.1, 0.15) is 0 Å². The zero-order valence-electron chi connectivity index (χ0n) is 11.9. The molecule has 0 heterocycles. The molecule has 0 aliphatic carbocycles.